The third-order valence-corrected chi connectivity index (χ3v) is 2.26. The van der Waals surface area contributed by atoms with Crippen LogP contribution in [0, 0.1) is 12.2 Å². The standard InChI is InChI=1S/C16H33O3/c1-13(2)12-17-15(19-14(3)4)10-8-9-11-18-16(5,6)7/h13-14H,8-12H2,1-7H3. The van der Waals surface area contributed by atoms with Gasteiger partial charge in [0.1, 0.15) is 0 Å². The summed E-state index contributed by atoms with van der Waals surface area (Å²) in [6.45, 7) is 16.1. The highest BCUT2D eigenvalue weighted by molar-refractivity contribution is 4.68. The summed E-state index contributed by atoms with van der Waals surface area (Å²) in [5.41, 5.74) is -0.0465. The molecular formula is C16H33O3. The Labute approximate surface area is 120 Å². The zero-order valence-corrected chi connectivity index (χ0v) is 13.9. The lowest BCUT2D eigenvalue weighted by molar-refractivity contribution is -0.0828. The number of unbranched alkanes of at least 4 members (excludes halogenated alkanes) is 1. The van der Waals surface area contributed by atoms with E-state index in [1.165, 1.54) is 0 Å². The highest BCUT2D eigenvalue weighted by atomic mass is 16.7. The largest absolute Gasteiger partial charge is 0.376 e. The first-order valence-electron chi connectivity index (χ1n) is 7.50. The normalized spacial score (nSPS) is 12.9. The van der Waals surface area contributed by atoms with Gasteiger partial charge in [-0.05, 0) is 53.4 Å². The van der Waals surface area contributed by atoms with Gasteiger partial charge in [-0.3, -0.25) is 0 Å². The van der Waals surface area contributed by atoms with E-state index in [4.69, 9.17) is 14.2 Å². The minimum Gasteiger partial charge on any atom is -0.376 e. The van der Waals surface area contributed by atoms with E-state index in [1.54, 1.807) is 0 Å². The molecule has 0 N–H and O–H groups in total. The van der Waals surface area contributed by atoms with Crippen molar-refractivity contribution in [2.75, 3.05) is 13.2 Å². The van der Waals surface area contributed by atoms with Gasteiger partial charge in [0.25, 0.3) is 0 Å². The maximum absolute atomic E-state index is 5.72. The second-order valence-corrected chi connectivity index (χ2v) is 6.66. The Hall–Kier alpha value is -0.120. The minimum atomic E-state index is -0.0465. The van der Waals surface area contributed by atoms with E-state index in [-0.39, 0.29) is 11.7 Å². The van der Waals surface area contributed by atoms with Crippen molar-refractivity contribution in [1.29, 1.82) is 0 Å². The quantitative estimate of drug-likeness (QED) is 0.546. The summed E-state index contributed by atoms with van der Waals surface area (Å²) in [6, 6.07) is 0. The summed E-state index contributed by atoms with van der Waals surface area (Å²) in [4.78, 5) is 0. The van der Waals surface area contributed by atoms with Gasteiger partial charge < -0.3 is 14.2 Å². The molecule has 0 rings (SSSR count). The van der Waals surface area contributed by atoms with Crippen LogP contribution in [0.2, 0.25) is 0 Å². The summed E-state index contributed by atoms with van der Waals surface area (Å²) in [6.07, 6.45) is 3.88. The first-order valence-corrected chi connectivity index (χ1v) is 7.50. The van der Waals surface area contributed by atoms with Crippen LogP contribution >= 0.6 is 0 Å². The molecule has 0 fully saturated rings. The van der Waals surface area contributed by atoms with Crippen molar-refractivity contribution < 1.29 is 14.2 Å². The molecule has 0 spiro atoms. The lowest BCUT2D eigenvalue weighted by Gasteiger charge is -2.21. The van der Waals surface area contributed by atoms with Gasteiger partial charge in [-0.25, -0.2) is 0 Å². The topological polar surface area (TPSA) is 27.7 Å². The van der Waals surface area contributed by atoms with Crippen molar-refractivity contribution in [2.45, 2.75) is 79.4 Å². The Kier molecular flexibility index (Phi) is 9.67. The fraction of sp³-hybridized carbons (Fsp3) is 0.938. The maximum Gasteiger partial charge on any atom is 0.223 e. The van der Waals surface area contributed by atoms with Crippen LogP contribution in [0.25, 0.3) is 0 Å². The Morgan fingerprint density at radius 2 is 1.63 bits per heavy atom. The molecule has 0 aliphatic rings. The molecular weight excluding hydrogens is 240 g/mol. The van der Waals surface area contributed by atoms with E-state index in [0.29, 0.717) is 5.92 Å². The third kappa shape index (κ3) is 14.1. The van der Waals surface area contributed by atoms with Crippen molar-refractivity contribution in [3.05, 3.63) is 6.29 Å². The Bertz CT molecular complexity index is 207. The van der Waals surface area contributed by atoms with Gasteiger partial charge in [0.05, 0.1) is 18.3 Å². The van der Waals surface area contributed by atoms with Gasteiger partial charge in [0.15, 0.2) is 0 Å². The molecule has 0 aliphatic heterocycles. The summed E-state index contributed by atoms with van der Waals surface area (Å²) < 4.78 is 17.1. The molecule has 3 heteroatoms. The summed E-state index contributed by atoms with van der Waals surface area (Å²) >= 11 is 0. The van der Waals surface area contributed by atoms with Crippen LogP contribution in [-0.4, -0.2) is 24.9 Å². The van der Waals surface area contributed by atoms with Crippen molar-refractivity contribution in [1.82, 2.24) is 0 Å². The Balaban J connectivity index is 3.79. The average molecular weight is 273 g/mol. The van der Waals surface area contributed by atoms with Crippen molar-refractivity contribution >= 4 is 0 Å². The first-order chi connectivity index (χ1) is 8.70. The van der Waals surface area contributed by atoms with Crippen LogP contribution in [0.1, 0.15) is 67.7 Å². The van der Waals surface area contributed by atoms with Gasteiger partial charge in [-0.15, -0.1) is 0 Å². The van der Waals surface area contributed by atoms with E-state index in [9.17, 15) is 0 Å². The predicted molar refractivity (Wildman–Crippen MR) is 79.8 cm³/mol. The zero-order chi connectivity index (χ0) is 14.9. The van der Waals surface area contributed by atoms with Crippen molar-refractivity contribution in [3.8, 4) is 0 Å². The van der Waals surface area contributed by atoms with Crippen LogP contribution in [-0.2, 0) is 14.2 Å². The predicted octanol–water partition coefficient (Wildman–Crippen LogP) is 4.56. The maximum atomic E-state index is 5.72. The molecule has 0 aliphatic carbocycles. The fourth-order valence-electron chi connectivity index (χ4n) is 1.44. The number of rotatable bonds is 10. The van der Waals surface area contributed by atoms with Gasteiger partial charge >= 0.3 is 0 Å². The summed E-state index contributed by atoms with van der Waals surface area (Å²) in [5.74, 6) is 0.523. The zero-order valence-electron chi connectivity index (χ0n) is 13.9. The van der Waals surface area contributed by atoms with E-state index < -0.39 is 0 Å². The number of hydrogen-bond acceptors (Lipinski definition) is 3. The van der Waals surface area contributed by atoms with E-state index in [1.807, 2.05) is 13.8 Å². The SMILES string of the molecule is CC(C)CO[C](CCCCOC(C)(C)C)OC(C)C. The van der Waals surface area contributed by atoms with Gasteiger partial charge in [-0.2, -0.15) is 0 Å². The molecule has 19 heavy (non-hydrogen) atoms. The average Bonchev–Trinajstić information content (AvgIpc) is 2.22. The molecule has 0 heterocycles. The molecule has 0 aromatic carbocycles. The van der Waals surface area contributed by atoms with E-state index >= 15 is 0 Å². The molecule has 0 aromatic heterocycles. The van der Waals surface area contributed by atoms with Gasteiger partial charge in [0, 0.05) is 13.0 Å². The monoisotopic (exact) mass is 273 g/mol. The van der Waals surface area contributed by atoms with Crippen LogP contribution in [0.3, 0.4) is 0 Å². The lowest BCUT2D eigenvalue weighted by atomic mass is 10.2. The van der Waals surface area contributed by atoms with Crippen LogP contribution in [0.4, 0.5) is 0 Å². The molecule has 0 bridgehead atoms. The summed E-state index contributed by atoms with van der Waals surface area (Å²) in [7, 11) is 0. The van der Waals surface area contributed by atoms with Crippen molar-refractivity contribution in [3.63, 3.8) is 0 Å². The Morgan fingerprint density at radius 3 is 2.11 bits per heavy atom. The van der Waals surface area contributed by atoms with E-state index in [2.05, 4.69) is 34.6 Å². The number of hydrogen-bond donors (Lipinski definition) is 0. The molecule has 0 amide bonds. The molecule has 3 nitrogen and oxygen atoms in total. The molecule has 0 saturated heterocycles. The smallest absolute Gasteiger partial charge is 0.223 e. The van der Waals surface area contributed by atoms with Crippen molar-refractivity contribution in [2.24, 2.45) is 5.92 Å². The van der Waals surface area contributed by atoms with E-state index in [0.717, 1.165) is 38.8 Å². The molecule has 0 atom stereocenters. The molecule has 0 aromatic rings. The third-order valence-electron chi connectivity index (χ3n) is 2.26. The van der Waals surface area contributed by atoms with Gasteiger partial charge in [-0.1, -0.05) is 13.8 Å². The highest BCUT2D eigenvalue weighted by Crippen LogP contribution is 2.18. The van der Waals surface area contributed by atoms with Gasteiger partial charge in [0.2, 0.25) is 6.29 Å². The molecule has 1 radical (unpaired) electrons. The minimum absolute atomic E-state index is 0.0465. The number of ether oxygens (including phenoxy) is 3. The first kappa shape index (κ1) is 18.9. The second-order valence-electron chi connectivity index (χ2n) is 6.66. The Morgan fingerprint density at radius 1 is 1.00 bits per heavy atom. The highest BCUT2D eigenvalue weighted by Gasteiger charge is 2.15. The second kappa shape index (κ2) is 9.73. The summed E-state index contributed by atoms with van der Waals surface area (Å²) in [5, 5.41) is 0. The molecule has 0 unspecified atom stereocenters. The fourth-order valence-corrected chi connectivity index (χ4v) is 1.44. The lowest BCUT2D eigenvalue weighted by Crippen LogP contribution is -2.20. The molecule has 0 saturated carbocycles. The van der Waals surface area contributed by atoms with Crippen LogP contribution < -0.4 is 0 Å². The molecule has 115 valence electrons. The van der Waals surface area contributed by atoms with Crippen LogP contribution in [0.5, 0.6) is 0 Å². The van der Waals surface area contributed by atoms with Crippen LogP contribution in [0.15, 0.2) is 0 Å².